The number of amides is 1. The molecule has 9 nitrogen and oxygen atoms in total. The molecule has 1 atom stereocenters. The average Bonchev–Trinajstić information content (AvgIpc) is 3.08. The number of nitro benzene ring substituents is 1. The summed E-state index contributed by atoms with van der Waals surface area (Å²) in [6.07, 6.45) is 4.00. The minimum Gasteiger partial charge on any atom is -0.481 e. The fourth-order valence-electron chi connectivity index (χ4n) is 3.88. The van der Waals surface area contributed by atoms with Crippen molar-refractivity contribution >= 4 is 22.5 Å². The first-order valence-electron chi connectivity index (χ1n) is 9.59. The van der Waals surface area contributed by atoms with Gasteiger partial charge in [-0.05, 0) is 24.1 Å². The van der Waals surface area contributed by atoms with E-state index in [1.54, 1.807) is 29.2 Å². The molecule has 0 aliphatic carbocycles. The topological polar surface area (TPSA) is 99.7 Å². The Morgan fingerprint density at radius 3 is 2.90 bits per heavy atom. The van der Waals surface area contributed by atoms with Crippen molar-refractivity contribution in [2.45, 2.75) is 12.5 Å². The van der Waals surface area contributed by atoms with Crippen LogP contribution in [-0.2, 0) is 18.2 Å². The minimum atomic E-state index is -0.396. The second-order valence-electron chi connectivity index (χ2n) is 7.24. The molecule has 0 spiro atoms. The number of non-ortho nitro benzene ring substituents is 1. The third-order valence-electron chi connectivity index (χ3n) is 5.40. The maximum atomic E-state index is 13.1. The van der Waals surface area contributed by atoms with E-state index >= 15 is 0 Å². The van der Waals surface area contributed by atoms with Crippen LogP contribution < -0.4 is 4.74 Å². The van der Waals surface area contributed by atoms with Gasteiger partial charge in [0.1, 0.15) is 0 Å². The molecule has 30 heavy (non-hydrogen) atoms. The van der Waals surface area contributed by atoms with Crippen LogP contribution in [0, 0.1) is 10.1 Å². The van der Waals surface area contributed by atoms with Crippen LogP contribution in [-0.4, -0.2) is 58.2 Å². The minimum absolute atomic E-state index is 0.0482. The maximum Gasteiger partial charge on any atom is 0.270 e. The summed E-state index contributed by atoms with van der Waals surface area (Å²) in [5.74, 6) is 0.326. The first-order chi connectivity index (χ1) is 14.5. The Labute approximate surface area is 173 Å². The molecule has 4 rings (SSSR count). The van der Waals surface area contributed by atoms with Crippen molar-refractivity contribution in [2.24, 2.45) is 7.05 Å². The molecular formula is C21H22N4O5. The number of hydrogen-bond acceptors (Lipinski definition) is 6. The van der Waals surface area contributed by atoms with E-state index in [2.05, 4.69) is 4.98 Å². The van der Waals surface area contributed by atoms with Crippen LogP contribution in [0.5, 0.6) is 5.88 Å². The van der Waals surface area contributed by atoms with Crippen LogP contribution in [0.15, 0.2) is 42.7 Å². The zero-order chi connectivity index (χ0) is 21.3. The van der Waals surface area contributed by atoms with Gasteiger partial charge in [-0.2, -0.15) is 0 Å². The second-order valence-corrected chi connectivity index (χ2v) is 7.24. The molecule has 0 saturated carbocycles. The molecule has 3 heterocycles. The van der Waals surface area contributed by atoms with Gasteiger partial charge >= 0.3 is 0 Å². The first kappa shape index (κ1) is 19.8. The number of benzene rings is 1. The van der Waals surface area contributed by atoms with Gasteiger partial charge in [0.2, 0.25) is 5.88 Å². The molecular weight excluding hydrogens is 388 g/mol. The molecule has 1 aromatic carbocycles. The number of hydrogen-bond donors (Lipinski definition) is 0. The largest absolute Gasteiger partial charge is 0.481 e. The molecule has 3 aromatic rings. The standard InChI is InChI=1S/C21H22N4O5/c1-23-12-15(18-10-16(25(27)28)4-5-19(18)23)9-17-13-30-8-7-24(17)21(26)14-3-6-20(29-2)22-11-14/h3-6,10-12,17H,7-9,13H2,1-2H3/t17-/m0/s1. The molecule has 2 aromatic heterocycles. The Hall–Kier alpha value is -3.46. The number of carbonyl (C=O) groups excluding carboxylic acids is 1. The van der Waals surface area contributed by atoms with Crippen LogP contribution in [0.3, 0.4) is 0 Å². The lowest BCUT2D eigenvalue weighted by atomic mass is 10.0. The fourth-order valence-corrected chi connectivity index (χ4v) is 3.88. The number of morpholine rings is 1. The first-order valence-corrected chi connectivity index (χ1v) is 9.59. The quantitative estimate of drug-likeness (QED) is 0.473. The number of nitrogens with zero attached hydrogens (tertiary/aromatic N) is 4. The molecule has 156 valence electrons. The molecule has 0 unspecified atom stereocenters. The van der Waals surface area contributed by atoms with Gasteiger partial charge in [0.15, 0.2) is 0 Å². The number of methoxy groups -OCH3 is 1. The van der Waals surface area contributed by atoms with Crippen molar-refractivity contribution < 1.29 is 19.2 Å². The van der Waals surface area contributed by atoms with Gasteiger partial charge in [0.25, 0.3) is 11.6 Å². The highest BCUT2D eigenvalue weighted by Gasteiger charge is 2.29. The van der Waals surface area contributed by atoms with Crippen molar-refractivity contribution in [3.05, 3.63) is 64.0 Å². The summed E-state index contributed by atoms with van der Waals surface area (Å²) in [5.41, 5.74) is 2.38. The zero-order valence-corrected chi connectivity index (χ0v) is 16.8. The number of nitro groups is 1. The maximum absolute atomic E-state index is 13.1. The number of aryl methyl sites for hydroxylation is 1. The predicted octanol–water partition coefficient (Wildman–Crippen LogP) is 2.57. The number of pyridine rings is 1. The van der Waals surface area contributed by atoms with Gasteiger partial charge in [-0.1, -0.05) is 0 Å². The van der Waals surface area contributed by atoms with Crippen LogP contribution in [0.4, 0.5) is 5.69 Å². The highest BCUT2D eigenvalue weighted by Crippen LogP contribution is 2.28. The summed E-state index contributed by atoms with van der Waals surface area (Å²) in [7, 11) is 3.43. The molecule has 0 bridgehead atoms. The van der Waals surface area contributed by atoms with E-state index in [4.69, 9.17) is 9.47 Å². The molecule has 1 aliphatic heterocycles. The van der Waals surface area contributed by atoms with E-state index in [1.807, 2.05) is 17.8 Å². The van der Waals surface area contributed by atoms with E-state index in [0.717, 1.165) is 16.5 Å². The smallest absolute Gasteiger partial charge is 0.270 e. The summed E-state index contributed by atoms with van der Waals surface area (Å²) in [6, 6.07) is 8.02. The third kappa shape index (κ3) is 3.71. The Kier molecular flexibility index (Phi) is 5.37. The molecule has 1 aliphatic rings. The van der Waals surface area contributed by atoms with Gasteiger partial charge in [-0.3, -0.25) is 14.9 Å². The van der Waals surface area contributed by atoms with Crippen molar-refractivity contribution in [1.29, 1.82) is 0 Å². The van der Waals surface area contributed by atoms with Crippen LogP contribution in [0.2, 0.25) is 0 Å². The van der Waals surface area contributed by atoms with Crippen molar-refractivity contribution in [2.75, 3.05) is 26.9 Å². The molecule has 1 fully saturated rings. The highest BCUT2D eigenvalue weighted by molar-refractivity contribution is 5.94. The summed E-state index contributed by atoms with van der Waals surface area (Å²) in [6.45, 7) is 1.34. The van der Waals surface area contributed by atoms with Crippen LogP contribution in [0.1, 0.15) is 15.9 Å². The Bertz CT molecular complexity index is 1090. The van der Waals surface area contributed by atoms with Gasteiger partial charge in [-0.15, -0.1) is 0 Å². The van der Waals surface area contributed by atoms with Crippen molar-refractivity contribution in [3.8, 4) is 5.88 Å². The number of ether oxygens (including phenoxy) is 2. The normalized spacial score (nSPS) is 16.6. The van der Waals surface area contributed by atoms with Crippen LogP contribution >= 0.6 is 0 Å². The lowest BCUT2D eigenvalue weighted by Gasteiger charge is -2.35. The van der Waals surface area contributed by atoms with Crippen LogP contribution in [0.25, 0.3) is 10.9 Å². The van der Waals surface area contributed by atoms with E-state index in [-0.39, 0.29) is 17.6 Å². The highest BCUT2D eigenvalue weighted by atomic mass is 16.6. The lowest BCUT2D eigenvalue weighted by molar-refractivity contribution is -0.384. The van der Waals surface area contributed by atoms with Crippen molar-refractivity contribution in [1.82, 2.24) is 14.5 Å². The summed E-state index contributed by atoms with van der Waals surface area (Å²) in [5, 5.41) is 12.0. The van der Waals surface area contributed by atoms with Gasteiger partial charge in [0, 0.05) is 55.1 Å². The zero-order valence-electron chi connectivity index (χ0n) is 16.8. The van der Waals surface area contributed by atoms with Gasteiger partial charge < -0.3 is 18.9 Å². The number of aromatic nitrogens is 2. The van der Waals surface area contributed by atoms with Gasteiger partial charge in [0.05, 0.1) is 36.9 Å². The molecule has 1 saturated heterocycles. The average molecular weight is 410 g/mol. The summed E-state index contributed by atoms with van der Waals surface area (Å²) < 4.78 is 12.6. The fraction of sp³-hybridized carbons (Fsp3) is 0.333. The number of carbonyl (C=O) groups is 1. The Morgan fingerprint density at radius 1 is 1.37 bits per heavy atom. The van der Waals surface area contributed by atoms with Gasteiger partial charge in [-0.25, -0.2) is 4.98 Å². The van der Waals surface area contributed by atoms with Crippen molar-refractivity contribution in [3.63, 3.8) is 0 Å². The third-order valence-corrected chi connectivity index (χ3v) is 5.40. The summed E-state index contributed by atoms with van der Waals surface area (Å²) in [4.78, 5) is 29.8. The van der Waals surface area contributed by atoms with E-state index in [0.29, 0.717) is 37.6 Å². The molecule has 0 radical (unpaired) electrons. The lowest BCUT2D eigenvalue weighted by Crippen LogP contribution is -2.49. The molecule has 0 N–H and O–H groups in total. The second kappa shape index (κ2) is 8.11. The van der Waals surface area contributed by atoms with E-state index in [1.165, 1.54) is 19.4 Å². The van der Waals surface area contributed by atoms with E-state index < -0.39 is 4.92 Å². The Morgan fingerprint density at radius 2 is 2.20 bits per heavy atom. The monoisotopic (exact) mass is 410 g/mol. The number of fused-ring (bicyclic) bond motifs is 1. The Balaban J connectivity index is 1.62. The SMILES string of the molecule is COc1ccc(C(=O)N2CCOC[C@@H]2Cc2cn(C)c3ccc([N+](=O)[O-])cc23)cn1. The predicted molar refractivity (Wildman–Crippen MR) is 110 cm³/mol. The molecule has 1 amide bonds. The van der Waals surface area contributed by atoms with E-state index in [9.17, 15) is 14.9 Å². The summed E-state index contributed by atoms with van der Waals surface area (Å²) >= 11 is 0. The number of rotatable bonds is 5. The molecule has 9 heteroatoms.